The first-order chi connectivity index (χ1) is 21.0. The van der Waals surface area contributed by atoms with Gasteiger partial charge in [-0.2, -0.15) is 0 Å². The molecule has 2 bridgehead atoms. The number of aliphatic carboxylic acids is 1. The Morgan fingerprint density at radius 3 is 2.40 bits per heavy atom. The van der Waals surface area contributed by atoms with Gasteiger partial charge in [-0.25, -0.2) is 22.0 Å². The highest BCUT2D eigenvalue weighted by Gasteiger charge is 2.59. The number of carboxylic acids is 1. The van der Waals surface area contributed by atoms with Crippen molar-refractivity contribution in [2.75, 3.05) is 11.9 Å². The topological polar surface area (TPSA) is 200 Å². The Bertz CT molecular complexity index is 1600. The lowest BCUT2D eigenvalue weighted by Gasteiger charge is -2.45. The van der Waals surface area contributed by atoms with Gasteiger partial charge in [-0.05, 0) is 67.3 Å². The molecule has 0 aromatic heterocycles. The molecule has 3 fully saturated rings. The number of aliphatic hydroxyl groups is 4. The van der Waals surface area contributed by atoms with E-state index in [1.54, 1.807) is 0 Å². The van der Waals surface area contributed by atoms with Crippen molar-refractivity contribution in [2.24, 2.45) is 17.8 Å². The predicted molar refractivity (Wildman–Crippen MR) is 152 cm³/mol. The van der Waals surface area contributed by atoms with Crippen molar-refractivity contribution in [2.45, 2.75) is 72.6 Å². The van der Waals surface area contributed by atoms with E-state index in [4.69, 9.17) is 21.1 Å². The second-order valence-electron chi connectivity index (χ2n) is 11.9. The zero-order valence-corrected chi connectivity index (χ0v) is 25.3. The number of carbonyl (C=O) groups is 2. The van der Waals surface area contributed by atoms with Crippen LogP contribution in [0.5, 0.6) is 0 Å². The number of benzene rings is 2. The number of halogens is 3. The van der Waals surface area contributed by atoms with Crippen LogP contribution in [0.25, 0.3) is 0 Å². The van der Waals surface area contributed by atoms with Gasteiger partial charge in [0.05, 0.1) is 27.4 Å². The van der Waals surface area contributed by atoms with Crippen molar-refractivity contribution >= 4 is 39.0 Å². The highest BCUT2D eigenvalue weighted by atomic mass is 35.5. The molecule has 0 spiro atoms. The van der Waals surface area contributed by atoms with E-state index in [-0.39, 0.29) is 39.9 Å². The molecule has 2 saturated carbocycles. The maximum atomic E-state index is 13.9. The normalized spacial score (nSPS) is 34.8. The molecule has 1 saturated heterocycles. The Morgan fingerprint density at radius 2 is 1.76 bits per heavy atom. The summed E-state index contributed by atoms with van der Waals surface area (Å²) in [5.74, 6) is -6.06. The molecule has 1 amide bonds. The Hall–Kier alpha value is -2.76. The Balaban J connectivity index is 1.32. The molecule has 0 radical (unpaired) electrons. The standard InChI is InChI=1S/C29H32ClF2NO11S/c1-12-6-14-8-16(10-17(12)29(14,40)11-43-28-24(36)22(34)23(35)25(44-28)27(38)39)45(41,42)21-7-13(2-4-18(21)30)26(37)33-15-3-5-19(31)20(32)9-15/h2-5,7,9,12,14,16-17,22-25,28,34-36,40H,6,8,10-11H2,1H3,(H,33,37)(H,38,39)/t12-,14?,16?,17?,22-,23-,24+,25-,28+,29+/m0/s1. The van der Waals surface area contributed by atoms with Crippen LogP contribution in [0.15, 0.2) is 41.3 Å². The fourth-order valence-electron chi connectivity index (χ4n) is 6.75. The molecule has 1 heterocycles. The van der Waals surface area contributed by atoms with Crippen molar-refractivity contribution in [3.05, 3.63) is 58.6 Å². The summed E-state index contributed by atoms with van der Waals surface area (Å²) in [6.07, 6.45) is -8.82. The van der Waals surface area contributed by atoms with Crippen molar-refractivity contribution in [3.63, 3.8) is 0 Å². The third kappa shape index (κ3) is 6.20. The van der Waals surface area contributed by atoms with Gasteiger partial charge in [0.1, 0.15) is 18.3 Å². The lowest BCUT2D eigenvalue weighted by atomic mass is 9.73. The van der Waals surface area contributed by atoms with Crippen LogP contribution in [0.1, 0.15) is 36.5 Å². The van der Waals surface area contributed by atoms with E-state index in [1.807, 2.05) is 6.92 Å². The van der Waals surface area contributed by atoms with E-state index in [0.29, 0.717) is 6.42 Å². The first kappa shape index (κ1) is 33.6. The van der Waals surface area contributed by atoms with Gasteiger partial charge in [0.15, 0.2) is 33.9 Å². The lowest BCUT2D eigenvalue weighted by Crippen LogP contribution is -2.61. The van der Waals surface area contributed by atoms with Gasteiger partial charge in [0, 0.05) is 17.3 Å². The number of carboxylic acid groups (broad SMARTS) is 1. The summed E-state index contributed by atoms with van der Waals surface area (Å²) in [5, 5.41) is 52.5. The molecule has 2 aliphatic carbocycles. The fraction of sp³-hybridized carbons (Fsp3) is 0.517. The maximum absolute atomic E-state index is 13.9. The largest absolute Gasteiger partial charge is 0.479 e. The second kappa shape index (κ2) is 12.4. The summed E-state index contributed by atoms with van der Waals surface area (Å²) >= 11 is 6.29. The number of amides is 1. The van der Waals surface area contributed by atoms with Crippen LogP contribution in [0.4, 0.5) is 14.5 Å². The maximum Gasteiger partial charge on any atom is 0.335 e. The monoisotopic (exact) mass is 675 g/mol. The van der Waals surface area contributed by atoms with Gasteiger partial charge >= 0.3 is 5.97 Å². The molecular weight excluding hydrogens is 644 g/mol. The smallest absolute Gasteiger partial charge is 0.335 e. The van der Waals surface area contributed by atoms with Gasteiger partial charge in [-0.1, -0.05) is 18.5 Å². The van der Waals surface area contributed by atoms with Gasteiger partial charge < -0.3 is 40.3 Å². The minimum atomic E-state index is -4.17. The zero-order valence-electron chi connectivity index (χ0n) is 23.7. The number of hydrogen-bond donors (Lipinski definition) is 6. The quantitative estimate of drug-likeness (QED) is 0.238. The van der Waals surface area contributed by atoms with Gasteiger partial charge in [0.25, 0.3) is 5.91 Å². The average Bonchev–Trinajstić information content (AvgIpc) is 3.09. The molecule has 3 aliphatic rings. The fourth-order valence-corrected chi connectivity index (χ4v) is 9.13. The number of hydrogen-bond acceptors (Lipinski definition) is 10. The van der Waals surface area contributed by atoms with E-state index in [9.17, 15) is 52.3 Å². The summed E-state index contributed by atoms with van der Waals surface area (Å²) in [6, 6.07) is 6.38. The first-order valence-corrected chi connectivity index (χ1v) is 16.0. The van der Waals surface area contributed by atoms with Gasteiger partial charge in [-0.15, -0.1) is 0 Å². The Kier molecular flexibility index (Phi) is 9.30. The highest BCUT2D eigenvalue weighted by Crippen LogP contribution is 2.55. The summed E-state index contributed by atoms with van der Waals surface area (Å²) in [4.78, 5) is 24.0. The van der Waals surface area contributed by atoms with Crippen LogP contribution in [-0.2, 0) is 24.1 Å². The van der Waals surface area contributed by atoms with Gasteiger partial charge in [-0.3, -0.25) is 4.79 Å². The summed E-state index contributed by atoms with van der Waals surface area (Å²) in [5.41, 5.74) is -1.74. The molecule has 10 atom stereocenters. The van der Waals surface area contributed by atoms with Crippen LogP contribution < -0.4 is 5.32 Å². The summed E-state index contributed by atoms with van der Waals surface area (Å²) in [7, 11) is -4.17. The number of sulfone groups is 1. The van der Waals surface area contributed by atoms with E-state index in [2.05, 4.69) is 5.32 Å². The molecule has 12 nitrogen and oxygen atoms in total. The molecule has 246 valence electrons. The minimum Gasteiger partial charge on any atom is -0.479 e. The van der Waals surface area contributed by atoms with Crippen LogP contribution in [0.2, 0.25) is 5.02 Å². The molecule has 16 heteroatoms. The number of carbonyl (C=O) groups excluding carboxylic acids is 1. The molecule has 1 aliphatic heterocycles. The van der Waals surface area contributed by atoms with E-state index >= 15 is 0 Å². The van der Waals surface area contributed by atoms with E-state index < -0.39 is 93.3 Å². The SMILES string of the molecule is C[C@H]1CC2CC(S(=O)(=O)c3cc(C(=O)Nc4ccc(F)c(F)c4)ccc3Cl)CC1[C@@]2(O)CO[C@@H]1O[C@H](C(=O)O)[C@@H](O)[C@H](O)[C@H]1O. The summed E-state index contributed by atoms with van der Waals surface area (Å²) in [6.45, 7) is 1.37. The van der Waals surface area contributed by atoms with Crippen molar-refractivity contribution in [1.29, 1.82) is 0 Å². The zero-order chi connectivity index (χ0) is 33.0. The van der Waals surface area contributed by atoms with Gasteiger partial charge in [0.2, 0.25) is 0 Å². The van der Waals surface area contributed by atoms with Crippen LogP contribution >= 0.6 is 11.6 Å². The second-order valence-corrected chi connectivity index (χ2v) is 14.5. The highest BCUT2D eigenvalue weighted by molar-refractivity contribution is 7.92. The van der Waals surface area contributed by atoms with Crippen molar-refractivity contribution in [3.8, 4) is 0 Å². The third-order valence-corrected chi connectivity index (χ3v) is 11.8. The number of nitrogens with one attached hydrogen (secondary N) is 1. The van der Waals surface area contributed by atoms with Crippen LogP contribution in [-0.4, -0.2) is 94.0 Å². The minimum absolute atomic E-state index is 0.0161. The Morgan fingerprint density at radius 1 is 1.04 bits per heavy atom. The molecule has 2 aromatic carbocycles. The molecule has 3 unspecified atom stereocenters. The Labute approximate surface area is 261 Å². The number of rotatable bonds is 8. The van der Waals surface area contributed by atoms with Crippen molar-refractivity contribution < 1.29 is 61.8 Å². The predicted octanol–water partition coefficient (Wildman–Crippen LogP) is 1.72. The molecule has 2 aromatic rings. The molecule has 6 N–H and O–H groups in total. The van der Waals surface area contributed by atoms with Crippen molar-refractivity contribution in [1.82, 2.24) is 0 Å². The van der Waals surface area contributed by atoms with E-state index in [0.717, 1.165) is 24.3 Å². The van der Waals surface area contributed by atoms with Crippen LogP contribution in [0, 0.1) is 29.4 Å². The third-order valence-electron chi connectivity index (χ3n) is 9.16. The number of anilines is 1. The number of fused-ring (bicyclic) bond motifs is 2. The van der Waals surface area contributed by atoms with E-state index in [1.165, 1.54) is 12.1 Å². The lowest BCUT2D eigenvalue weighted by molar-refractivity contribution is -0.305. The molecule has 5 rings (SSSR count). The molecule has 45 heavy (non-hydrogen) atoms. The number of ether oxygens (including phenoxy) is 2. The first-order valence-electron chi connectivity index (χ1n) is 14.1. The van der Waals surface area contributed by atoms with Crippen LogP contribution in [0.3, 0.4) is 0 Å². The average molecular weight is 676 g/mol. The molecular formula is C29H32ClF2NO11S. The number of aliphatic hydroxyl groups excluding tert-OH is 3. The summed E-state index contributed by atoms with van der Waals surface area (Å²) < 4.78 is 65.4.